The van der Waals surface area contributed by atoms with Crippen LogP contribution >= 0.6 is 0 Å². The van der Waals surface area contributed by atoms with E-state index in [0.717, 1.165) is 60.2 Å². The highest BCUT2D eigenvalue weighted by Gasteiger charge is 2.33. The lowest BCUT2D eigenvalue weighted by molar-refractivity contribution is 0.104. The lowest BCUT2D eigenvalue weighted by atomic mass is 9.92. The number of aryl methyl sites for hydroxylation is 1. The molecule has 8 heteroatoms. The van der Waals surface area contributed by atoms with Crippen LogP contribution in [0.25, 0.3) is 11.0 Å². The summed E-state index contributed by atoms with van der Waals surface area (Å²) in [7, 11) is 1.40. The fourth-order valence-corrected chi connectivity index (χ4v) is 5.46. The van der Waals surface area contributed by atoms with E-state index in [2.05, 4.69) is 4.57 Å². The van der Waals surface area contributed by atoms with Gasteiger partial charge in [0.25, 0.3) is 5.56 Å². The fourth-order valence-electron chi connectivity index (χ4n) is 5.46. The summed E-state index contributed by atoms with van der Waals surface area (Å²) in [6, 6.07) is 9.29. The molecule has 0 radical (unpaired) electrons. The van der Waals surface area contributed by atoms with Crippen molar-refractivity contribution >= 4 is 22.8 Å². The van der Waals surface area contributed by atoms with Crippen LogP contribution in [-0.4, -0.2) is 44.6 Å². The van der Waals surface area contributed by atoms with Gasteiger partial charge in [0.1, 0.15) is 5.82 Å². The summed E-state index contributed by atoms with van der Waals surface area (Å²) in [4.78, 5) is 31.7. The van der Waals surface area contributed by atoms with Crippen molar-refractivity contribution in [3.05, 3.63) is 58.3 Å². The summed E-state index contributed by atoms with van der Waals surface area (Å²) >= 11 is 0. The van der Waals surface area contributed by atoms with Gasteiger partial charge in [0, 0.05) is 29.9 Å². The highest BCUT2D eigenvalue weighted by molar-refractivity contribution is 5.95. The number of hydrogen-bond acceptors (Lipinski definition) is 5. The molecule has 1 fully saturated rings. The van der Waals surface area contributed by atoms with Crippen molar-refractivity contribution < 1.29 is 14.6 Å². The highest BCUT2D eigenvalue weighted by atomic mass is 16.5. The monoisotopic (exact) mass is 450 g/mol. The van der Waals surface area contributed by atoms with Gasteiger partial charge in [-0.3, -0.25) is 9.69 Å². The SMILES string of the molecule is COC(=O)N1c2ccc3c(nc(Cn4ccccc4=O)n3[C@H]3CCC[C@H](O)C3)c2CC[C@@H]1C. The van der Waals surface area contributed by atoms with Gasteiger partial charge in [0.15, 0.2) is 0 Å². The summed E-state index contributed by atoms with van der Waals surface area (Å²) in [5.74, 6) is 0.800. The third-order valence-corrected chi connectivity index (χ3v) is 7.09. The standard InChI is InChI=1S/C25H30N4O4/c1-16-9-10-19-20(28(16)25(32)33-2)11-12-21-24(19)26-22(15-27-13-4-3-8-23(27)31)29(21)17-6-5-7-18(30)14-17/h3-4,8,11-13,16-18,30H,5-7,9-10,14-15H2,1-2H3/t16-,17-,18-/m0/s1. The number of carbonyl (C=O) groups is 1. The predicted molar refractivity (Wildman–Crippen MR) is 126 cm³/mol. The van der Waals surface area contributed by atoms with Gasteiger partial charge in [-0.1, -0.05) is 6.07 Å². The summed E-state index contributed by atoms with van der Waals surface area (Å²) in [5, 5.41) is 10.4. The molecule has 174 valence electrons. The number of benzene rings is 1. The van der Waals surface area contributed by atoms with Crippen LogP contribution in [0.1, 0.15) is 56.5 Å². The van der Waals surface area contributed by atoms with Crippen molar-refractivity contribution in [2.45, 2.75) is 70.2 Å². The average molecular weight is 451 g/mol. The molecule has 0 spiro atoms. The molecule has 8 nitrogen and oxygen atoms in total. The molecule has 3 atom stereocenters. The second-order valence-corrected chi connectivity index (χ2v) is 9.20. The predicted octanol–water partition coefficient (Wildman–Crippen LogP) is 3.63. The Kier molecular flexibility index (Phi) is 5.70. The Morgan fingerprint density at radius 1 is 1.21 bits per heavy atom. The number of aliphatic hydroxyl groups is 1. The minimum atomic E-state index is -0.367. The number of aliphatic hydroxyl groups excluding tert-OH is 1. The first-order valence-electron chi connectivity index (χ1n) is 11.7. The van der Waals surface area contributed by atoms with Gasteiger partial charge in [0.2, 0.25) is 0 Å². The Hall–Kier alpha value is -3.13. The summed E-state index contributed by atoms with van der Waals surface area (Å²) in [6.45, 7) is 2.38. The van der Waals surface area contributed by atoms with E-state index in [1.807, 2.05) is 25.1 Å². The Morgan fingerprint density at radius 2 is 2.06 bits per heavy atom. The van der Waals surface area contributed by atoms with Crippen molar-refractivity contribution in [2.24, 2.45) is 0 Å². The number of fused-ring (bicyclic) bond motifs is 3. The van der Waals surface area contributed by atoms with E-state index in [0.29, 0.717) is 13.0 Å². The van der Waals surface area contributed by atoms with Crippen LogP contribution in [0.3, 0.4) is 0 Å². The Balaban J connectivity index is 1.68. The van der Waals surface area contributed by atoms with E-state index in [4.69, 9.17) is 9.72 Å². The molecular weight excluding hydrogens is 420 g/mol. The topological polar surface area (TPSA) is 89.6 Å². The van der Waals surface area contributed by atoms with E-state index >= 15 is 0 Å². The first-order valence-corrected chi connectivity index (χ1v) is 11.7. The van der Waals surface area contributed by atoms with Crippen molar-refractivity contribution in [1.82, 2.24) is 14.1 Å². The van der Waals surface area contributed by atoms with Crippen molar-refractivity contribution in [3.8, 4) is 0 Å². The molecule has 0 bridgehead atoms. The van der Waals surface area contributed by atoms with Gasteiger partial charge in [-0.25, -0.2) is 9.78 Å². The zero-order valence-corrected chi connectivity index (χ0v) is 19.1. The molecule has 1 aliphatic heterocycles. The molecule has 3 aromatic rings. The maximum absolute atomic E-state index is 12.5. The Labute approximate surface area is 192 Å². The first-order chi connectivity index (χ1) is 16.0. The molecule has 3 heterocycles. The van der Waals surface area contributed by atoms with Crippen molar-refractivity contribution in [2.75, 3.05) is 12.0 Å². The van der Waals surface area contributed by atoms with Crippen LogP contribution in [0.2, 0.25) is 0 Å². The fraction of sp³-hybridized carbons (Fsp3) is 0.480. The largest absolute Gasteiger partial charge is 0.452 e. The van der Waals surface area contributed by atoms with E-state index in [-0.39, 0.29) is 29.8 Å². The number of hydrogen-bond donors (Lipinski definition) is 1. The molecule has 1 aromatic carbocycles. The lowest BCUT2D eigenvalue weighted by Gasteiger charge is -2.34. The third-order valence-electron chi connectivity index (χ3n) is 7.09. The second-order valence-electron chi connectivity index (χ2n) is 9.20. The van der Waals surface area contributed by atoms with Crippen LogP contribution in [-0.2, 0) is 17.7 Å². The first kappa shape index (κ1) is 21.7. The molecule has 0 saturated heterocycles. The van der Waals surface area contributed by atoms with Gasteiger partial charge < -0.3 is 19.0 Å². The Bertz CT molecular complexity index is 1250. The number of methoxy groups -OCH3 is 1. The number of imidazole rings is 1. The second kappa shape index (κ2) is 8.67. The molecule has 5 rings (SSSR count). The van der Waals surface area contributed by atoms with E-state index in [1.54, 1.807) is 27.8 Å². The minimum absolute atomic E-state index is 0.0420. The number of carbonyl (C=O) groups excluding carboxylic acids is 1. The molecule has 2 aliphatic rings. The summed E-state index contributed by atoms with van der Waals surface area (Å²) in [5.41, 5.74) is 3.66. The number of anilines is 1. The van der Waals surface area contributed by atoms with Gasteiger partial charge >= 0.3 is 6.09 Å². The minimum Gasteiger partial charge on any atom is -0.452 e. The number of nitrogens with zero attached hydrogens (tertiary/aromatic N) is 4. The molecule has 33 heavy (non-hydrogen) atoms. The normalized spacial score (nSPS) is 22.9. The van der Waals surface area contributed by atoms with E-state index < -0.39 is 0 Å². The zero-order chi connectivity index (χ0) is 23.1. The Morgan fingerprint density at radius 3 is 2.82 bits per heavy atom. The highest BCUT2D eigenvalue weighted by Crippen LogP contribution is 2.39. The number of aromatic nitrogens is 3. The van der Waals surface area contributed by atoms with Crippen LogP contribution in [0.15, 0.2) is 41.3 Å². The van der Waals surface area contributed by atoms with Crippen LogP contribution in [0, 0.1) is 0 Å². The lowest BCUT2D eigenvalue weighted by Crippen LogP contribution is -2.42. The molecule has 1 saturated carbocycles. The average Bonchev–Trinajstić information content (AvgIpc) is 3.18. The third kappa shape index (κ3) is 3.82. The van der Waals surface area contributed by atoms with E-state index in [1.165, 1.54) is 7.11 Å². The van der Waals surface area contributed by atoms with Gasteiger partial charge in [-0.05, 0) is 63.6 Å². The summed E-state index contributed by atoms with van der Waals surface area (Å²) in [6.07, 6.45) is 6.12. The maximum Gasteiger partial charge on any atom is 0.414 e. The molecule has 1 amide bonds. The summed E-state index contributed by atoms with van der Waals surface area (Å²) < 4.78 is 8.93. The molecule has 2 aromatic heterocycles. The smallest absolute Gasteiger partial charge is 0.414 e. The van der Waals surface area contributed by atoms with Gasteiger partial charge in [-0.15, -0.1) is 0 Å². The van der Waals surface area contributed by atoms with Gasteiger partial charge in [0.05, 0.1) is 36.5 Å². The molecule has 1 N–H and O–H groups in total. The number of ether oxygens (including phenoxy) is 1. The quantitative estimate of drug-likeness (QED) is 0.658. The van der Waals surface area contributed by atoms with Crippen LogP contribution in [0.4, 0.5) is 10.5 Å². The molecule has 0 unspecified atom stereocenters. The van der Waals surface area contributed by atoms with Crippen molar-refractivity contribution in [1.29, 1.82) is 0 Å². The zero-order valence-electron chi connectivity index (χ0n) is 19.1. The number of rotatable bonds is 3. The number of amides is 1. The maximum atomic E-state index is 12.5. The van der Waals surface area contributed by atoms with Gasteiger partial charge in [-0.2, -0.15) is 0 Å². The van der Waals surface area contributed by atoms with Crippen LogP contribution in [0.5, 0.6) is 0 Å². The molecular formula is C25H30N4O4. The van der Waals surface area contributed by atoms with Crippen molar-refractivity contribution in [3.63, 3.8) is 0 Å². The number of pyridine rings is 1. The van der Waals surface area contributed by atoms with E-state index in [9.17, 15) is 14.7 Å². The molecule has 1 aliphatic carbocycles. The van der Waals surface area contributed by atoms with Crippen LogP contribution < -0.4 is 10.5 Å².